The van der Waals surface area contributed by atoms with Crippen LogP contribution < -0.4 is 5.32 Å². The summed E-state index contributed by atoms with van der Waals surface area (Å²) in [7, 11) is 0. The fraction of sp³-hybridized carbons (Fsp3) is 0.647. The standard InChI is InChI=1S/C17H25NOS/c1-2-6-15(7-3-1)19-11-10-18-12-14-13-20-17-9-5-4-8-16(14)17/h4-5,8-9,14-15,18H,1-3,6-7,10-13H2. The van der Waals surface area contributed by atoms with Crippen LogP contribution in [0.2, 0.25) is 0 Å². The second-order valence-electron chi connectivity index (χ2n) is 5.88. The van der Waals surface area contributed by atoms with Gasteiger partial charge in [0.05, 0.1) is 12.7 Å². The highest BCUT2D eigenvalue weighted by Crippen LogP contribution is 2.38. The van der Waals surface area contributed by atoms with Crippen LogP contribution in [-0.4, -0.2) is 31.6 Å². The largest absolute Gasteiger partial charge is 0.377 e. The van der Waals surface area contributed by atoms with Crippen molar-refractivity contribution in [3.05, 3.63) is 29.8 Å². The second-order valence-corrected chi connectivity index (χ2v) is 6.94. The zero-order valence-corrected chi connectivity index (χ0v) is 13.0. The number of ether oxygens (including phenoxy) is 1. The Hall–Kier alpha value is -0.510. The highest BCUT2D eigenvalue weighted by molar-refractivity contribution is 7.99. The average molecular weight is 291 g/mol. The highest BCUT2D eigenvalue weighted by atomic mass is 32.2. The number of rotatable bonds is 6. The van der Waals surface area contributed by atoms with Crippen LogP contribution in [0.3, 0.4) is 0 Å². The summed E-state index contributed by atoms with van der Waals surface area (Å²) in [6, 6.07) is 8.82. The van der Waals surface area contributed by atoms with Crippen LogP contribution >= 0.6 is 11.8 Å². The number of benzene rings is 1. The third-order valence-electron chi connectivity index (χ3n) is 4.37. The molecule has 2 nitrogen and oxygen atoms in total. The molecule has 3 rings (SSSR count). The Morgan fingerprint density at radius 1 is 1.15 bits per heavy atom. The molecule has 3 heteroatoms. The lowest BCUT2D eigenvalue weighted by atomic mass is 9.98. The van der Waals surface area contributed by atoms with E-state index in [0.717, 1.165) is 19.7 Å². The molecule has 20 heavy (non-hydrogen) atoms. The Bertz CT molecular complexity index is 417. The summed E-state index contributed by atoms with van der Waals surface area (Å²) in [5.41, 5.74) is 1.53. The molecule has 0 spiro atoms. The van der Waals surface area contributed by atoms with Crippen LogP contribution in [0.4, 0.5) is 0 Å². The van der Waals surface area contributed by atoms with Gasteiger partial charge in [-0.15, -0.1) is 11.8 Å². The number of fused-ring (bicyclic) bond motifs is 1. The van der Waals surface area contributed by atoms with Gasteiger partial charge in [0.25, 0.3) is 0 Å². The van der Waals surface area contributed by atoms with E-state index in [1.54, 1.807) is 0 Å². The minimum absolute atomic E-state index is 0.535. The van der Waals surface area contributed by atoms with Crippen LogP contribution in [0.1, 0.15) is 43.6 Å². The fourth-order valence-electron chi connectivity index (χ4n) is 3.20. The molecule has 0 amide bonds. The van der Waals surface area contributed by atoms with Crippen molar-refractivity contribution in [3.63, 3.8) is 0 Å². The molecule has 1 aromatic carbocycles. The zero-order chi connectivity index (χ0) is 13.6. The minimum Gasteiger partial charge on any atom is -0.377 e. The van der Waals surface area contributed by atoms with E-state index in [1.807, 2.05) is 11.8 Å². The van der Waals surface area contributed by atoms with Gasteiger partial charge in [-0.1, -0.05) is 37.5 Å². The minimum atomic E-state index is 0.535. The zero-order valence-electron chi connectivity index (χ0n) is 12.1. The monoisotopic (exact) mass is 291 g/mol. The summed E-state index contributed by atoms with van der Waals surface area (Å²) in [6.45, 7) is 2.93. The molecule has 1 saturated carbocycles. The molecule has 1 aliphatic carbocycles. The van der Waals surface area contributed by atoms with Gasteiger partial charge in [0.15, 0.2) is 0 Å². The first kappa shape index (κ1) is 14.4. The lowest BCUT2D eigenvalue weighted by molar-refractivity contribution is 0.0303. The van der Waals surface area contributed by atoms with Gasteiger partial charge >= 0.3 is 0 Å². The predicted octanol–water partition coefficient (Wildman–Crippen LogP) is 3.81. The highest BCUT2D eigenvalue weighted by Gasteiger charge is 2.21. The summed E-state index contributed by atoms with van der Waals surface area (Å²) in [6.07, 6.45) is 7.19. The molecule has 1 aliphatic heterocycles. The van der Waals surface area contributed by atoms with Crippen molar-refractivity contribution in [2.75, 3.05) is 25.4 Å². The first-order valence-electron chi connectivity index (χ1n) is 7.97. The van der Waals surface area contributed by atoms with E-state index in [2.05, 4.69) is 29.6 Å². The lowest BCUT2D eigenvalue weighted by Crippen LogP contribution is -2.27. The smallest absolute Gasteiger partial charge is 0.0594 e. The van der Waals surface area contributed by atoms with Gasteiger partial charge in [0.2, 0.25) is 0 Å². The molecule has 0 aromatic heterocycles. The summed E-state index contributed by atoms with van der Waals surface area (Å²) in [5.74, 6) is 1.89. The first-order valence-corrected chi connectivity index (χ1v) is 8.96. The van der Waals surface area contributed by atoms with Crippen LogP contribution in [0.25, 0.3) is 0 Å². The molecular formula is C17H25NOS. The van der Waals surface area contributed by atoms with Crippen LogP contribution in [-0.2, 0) is 4.74 Å². The van der Waals surface area contributed by atoms with Crippen molar-refractivity contribution in [1.29, 1.82) is 0 Å². The summed E-state index contributed by atoms with van der Waals surface area (Å²) in [5, 5.41) is 3.57. The van der Waals surface area contributed by atoms with Crippen molar-refractivity contribution < 1.29 is 4.74 Å². The van der Waals surface area contributed by atoms with Gasteiger partial charge in [0.1, 0.15) is 0 Å². The van der Waals surface area contributed by atoms with Gasteiger partial charge in [-0.3, -0.25) is 0 Å². The number of hydrogen-bond acceptors (Lipinski definition) is 3. The molecule has 1 N–H and O–H groups in total. The van der Waals surface area contributed by atoms with Crippen molar-refractivity contribution in [2.45, 2.75) is 49.0 Å². The molecule has 0 bridgehead atoms. The van der Waals surface area contributed by atoms with Gasteiger partial charge in [-0.2, -0.15) is 0 Å². The third kappa shape index (κ3) is 3.78. The molecule has 1 aromatic rings. The lowest BCUT2D eigenvalue weighted by Gasteiger charge is -2.22. The van der Waals surface area contributed by atoms with Crippen LogP contribution in [0.5, 0.6) is 0 Å². The van der Waals surface area contributed by atoms with Crippen LogP contribution in [0, 0.1) is 0 Å². The molecule has 110 valence electrons. The van der Waals surface area contributed by atoms with E-state index in [0.29, 0.717) is 12.0 Å². The van der Waals surface area contributed by atoms with Gasteiger partial charge in [0, 0.05) is 29.7 Å². The molecule has 0 saturated heterocycles. The van der Waals surface area contributed by atoms with E-state index in [4.69, 9.17) is 4.74 Å². The van der Waals surface area contributed by atoms with Crippen molar-refractivity contribution >= 4 is 11.8 Å². The van der Waals surface area contributed by atoms with E-state index in [9.17, 15) is 0 Å². The molecule has 1 atom stereocenters. The molecule has 0 radical (unpaired) electrons. The summed E-state index contributed by atoms with van der Waals surface area (Å²) < 4.78 is 5.95. The maximum Gasteiger partial charge on any atom is 0.0594 e. The average Bonchev–Trinajstić information content (AvgIpc) is 2.91. The fourth-order valence-corrected chi connectivity index (χ4v) is 4.46. The van der Waals surface area contributed by atoms with E-state index in [-0.39, 0.29) is 0 Å². The Morgan fingerprint density at radius 2 is 2.00 bits per heavy atom. The van der Waals surface area contributed by atoms with Crippen LogP contribution in [0.15, 0.2) is 29.2 Å². The second kappa shape index (κ2) is 7.48. The Balaban J connectivity index is 1.32. The van der Waals surface area contributed by atoms with Crippen molar-refractivity contribution in [3.8, 4) is 0 Å². The van der Waals surface area contributed by atoms with E-state index < -0.39 is 0 Å². The van der Waals surface area contributed by atoms with E-state index >= 15 is 0 Å². The normalized spacial score (nSPS) is 22.9. The molecular weight excluding hydrogens is 266 g/mol. The maximum atomic E-state index is 5.95. The SMILES string of the molecule is c1ccc2c(c1)SCC2CNCCOC1CCCCC1. The molecule has 1 fully saturated rings. The molecule has 2 aliphatic rings. The third-order valence-corrected chi connectivity index (χ3v) is 5.63. The summed E-state index contributed by atoms with van der Waals surface area (Å²) >= 11 is 1.99. The Kier molecular flexibility index (Phi) is 5.40. The number of thioether (sulfide) groups is 1. The van der Waals surface area contributed by atoms with Gasteiger partial charge in [-0.05, 0) is 24.5 Å². The Morgan fingerprint density at radius 3 is 2.90 bits per heavy atom. The van der Waals surface area contributed by atoms with Gasteiger partial charge in [-0.25, -0.2) is 0 Å². The maximum absolute atomic E-state index is 5.95. The van der Waals surface area contributed by atoms with Crippen molar-refractivity contribution in [2.24, 2.45) is 0 Å². The number of hydrogen-bond donors (Lipinski definition) is 1. The topological polar surface area (TPSA) is 21.3 Å². The van der Waals surface area contributed by atoms with Gasteiger partial charge < -0.3 is 10.1 Å². The number of nitrogens with one attached hydrogen (secondary N) is 1. The van der Waals surface area contributed by atoms with E-state index in [1.165, 1.54) is 48.3 Å². The quantitative estimate of drug-likeness (QED) is 0.805. The first-order chi connectivity index (χ1) is 9.93. The predicted molar refractivity (Wildman–Crippen MR) is 85.6 cm³/mol. The Labute approximate surface area is 126 Å². The molecule has 1 heterocycles. The molecule has 1 unspecified atom stereocenters. The summed E-state index contributed by atoms with van der Waals surface area (Å²) in [4.78, 5) is 1.47. The van der Waals surface area contributed by atoms with Crippen molar-refractivity contribution in [1.82, 2.24) is 5.32 Å².